The Labute approximate surface area is 181 Å². The van der Waals surface area contributed by atoms with Crippen molar-refractivity contribution in [3.05, 3.63) is 82.0 Å². The van der Waals surface area contributed by atoms with E-state index in [0.29, 0.717) is 13.1 Å². The maximum atomic E-state index is 12.3. The molecule has 0 bridgehead atoms. The van der Waals surface area contributed by atoms with E-state index >= 15 is 0 Å². The molecule has 0 aliphatic carbocycles. The number of nitrogens with zero attached hydrogens (tertiary/aromatic N) is 2. The van der Waals surface area contributed by atoms with Gasteiger partial charge in [-0.05, 0) is 30.0 Å². The monoisotopic (exact) mass is 419 g/mol. The zero-order valence-corrected chi connectivity index (χ0v) is 18.0. The number of methoxy groups -OCH3 is 1. The number of benzodiazepines with no additional fused rings is 1. The normalized spacial score (nSPS) is 15.7. The third kappa shape index (κ3) is 4.09. The second-order valence-corrected chi connectivity index (χ2v) is 8.14. The minimum atomic E-state index is -0.0168. The van der Waals surface area contributed by atoms with E-state index in [4.69, 9.17) is 9.73 Å². The molecule has 2 heterocycles. The predicted molar refractivity (Wildman–Crippen MR) is 123 cm³/mol. The number of amides is 1. The molecule has 1 amide bonds. The van der Waals surface area contributed by atoms with Crippen LogP contribution >= 0.6 is 11.3 Å². The summed E-state index contributed by atoms with van der Waals surface area (Å²) in [6, 6.07) is 20.2. The number of carbonyl (C=O) groups is 1. The molecule has 1 unspecified atom stereocenters. The molecule has 0 fully saturated rings. The first-order chi connectivity index (χ1) is 14.7. The van der Waals surface area contributed by atoms with E-state index in [1.165, 1.54) is 11.3 Å². The molecule has 6 heteroatoms. The highest BCUT2D eigenvalue weighted by molar-refractivity contribution is 7.12. The third-order valence-electron chi connectivity index (χ3n) is 5.40. The number of fused-ring (bicyclic) bond motifs is 1. The Hall–Kier alpha value is -3.12. The van der Waals surface area contributed by atoms with Crippen molar-refractivity contribution in [2.75, 3.05) is 32.1 Å². The molecule has 1 atom stereocenters. The number of carbonyl (C=O) groups excluding carboxylic acids is 1. The van der Waals surface area contributed by atoms with Crippen LogP contribution in [0.15, 0.2) is 71.0 Å². The number of ether oxygens (including phenoxy) is 1. The number of anilines is 1. The molecule has 0 saturated heterocycles. The number of likely N-dealkylation sites (N-methyl/N-ethyl adjacent to an activating group) is 1. The highest BCUT2D eigenvalue weighted by atomic mass is 32.1. The second-order valence-electron chi connectivity index (χ2n) is 7.20. The fraction of sp³-hybridized carbons (Fsp3) is 0.250. The zero-order chi connectivity index (χ0) is 20.9. The molecule has 1 N–H and O–H groups in total. The summed E-state index contributed by atoms with van der Waals surface area (Å²) < 4.78 is 5.69. The van der Waals surface area contributed by atoms with Crippen LogP contribution in [0.3, 0.4) is 0 Å². The van der Waals surface area contributed by atoms with E-state index in [1.54, 1.807) is 7.11 Å². The third-order valence-corrected chi connectivity index (χ3v) is 6.27. The summed E-state index contributed by atoms with van der Waals surface area (Å²) >= 11 is 1.46. The van der Waals surface area contributed by atoms with Gasteiger partial charge in [-0.15, -0.1) is 11.3 Å². The molecule has 154 valence electrons. The van der Waals surface area contributed by atoms with Gasteiger partial charge in [0.25, 0.3) is 5.91 Å². The van der Waals surface area contributed by atoms with Crippen LogP contribution in [0.1, 0.15) is 27.2 Å². The fourth-order valence-corrected chi connectivity index (χ4v) is 4.42. The first kappa shape index (κ1) is 20.2. The Balaban J connectivity index is 1.59. The van der Waals surface area contributed by atoms with Gasteiger partial charge in [-0.2, -0.15) is 0 Å². The van der Waals surface area contributed by atoms with Crippen molar-refractivity contribution < 1.29 is 9.53 Å². The minimum Gasteiger partial charge on any atom is -0.496 e. The highest BCUT2D eigenvalue weighted by Gasteiger charge is 2.26. The average molecular weight is 420 g/mol. The summed E-state index contributed by atoms with van der Waals surface area (Å²) in [6.07, 6.45) is 0.801. The SMILES string of the molecule is COc1cccc2c1C(c1ccccc1)=NCC(CCNC(=O)c1cccs1)N2C. The van der Waals surface area contributed by atoms with Gasteiger partial charge >= 0.3 is 0 Å². The summed E-state index contributed by atoms with van der Waals surface area (Å²) in [4.78, 5) is 20.3. The van der Waals surface area contributed by atoms with Gasteiger partial charge in [-0.3, -0.25) is 9.79 Å². The van der Waals surface area contributed by atoms with Gasteiger partial charge in [0.15, 0.2) is 0 Å². The van der Waals surface area contributed by atoms with Gasteiger partial charge in [-0.25, -0.2) is 0 Å². The van der Waals surface area contributed by atoms with Crippen molar-refractivity contribution in [2.24, 2.45) is 4.99 Å². The second kappa shape index (κ2) is 9.13. The fourth-order valence-electron chi connectivity index (χ4n) is 3.78. The summed E-state index contributed by atoms with van der Waals surface area (Å²) in [5, 5.41) is 4.95. The van der Waals surface area contributed by atoms with Crippen molar-refractivity contribution in [3.63, 3.8) is 0 Å². The number of hydrogen-bond acceptors (Lipinski definition) is 5. The number of aliphatic imine (C=N–C) groups is 1. The van der Waals surface area contributed by atoms with Crippen LogP contribution in [-0.4, -0.2) is 44.9 Å². The summed E-state index contributed by atoms with van der Waals surface area (Å²) in [5.74, 6) is 0.797. The van der Waals surface area contributed by atoms with Crippen LogP contribution < -0.4 is 15.0 Å². The summed E-state index contributed by atoms with van der Waals surface area (Å²) in [7, 11) is 3.79. The maximum Gasteiger partial charge on any atom is 0.261 e. The smallest absolute Gasteiger partial charge is 0.261 e. The van der Waals surface area contributed by atoms with Crippen molar-refractivity contribution >= 4 is 28.6 Å². The van der Waals surface area contributed by atoms with Crippen LogP contribution in [-0.2, 0) is 0 Å². The lowest BCUT2D eigenvalue weighted by Gasteiger charge is -2.29. The minimum absolute atomic E-state index is 0.0168. The Bertz CT molecular complexity index is 1030. The molecule has 5 nitrogen and oxygen atoms in total. The zero-order valence-electron chi connectivity index (χ0n) is 17.2. The van der Waals surface area contributed by atoms with Crippen LogP contribution in [0.4, 0.5) is 5.69 Å². The van der Waals surface area contributed by atoms with E-state index in [0.717, 1.165) is 39.6 Å². The molecule has 0 saturated carbocycles. The number of thiophene rings is 1. The first-order valence-corrected chi connectivity index (χ1v) is 10.9. The van der Waals surface area contributed by atoms with Gasteiger partial charge in [0.2, 0.25) is 0 Å². The molecular formula is C24H25N3O2S. The highest BCUT2D eigenvalue weighted by Crippen LogP contribution is 2.34. The molecule has 30 heavy (non-hydrogen) atoms. The average Bonchev–Trinajstić information content (AvgIpc) is 3.29. The Kier molecular flexibility index (Phi) is 6.14. The molecule has 1 aromatic heterocycles. The van der Waals surface area contributed by atoms with E-state index in [-0.39, 0.29) is 11.9 Å². The van der Waals surface area contributed by atoms with E-state index in [2.05, 4.69) is 35.5 Å². The lowest BCUT2D eigenvalue weighted by Crippen LogP contribution is -2.37. The molecule has 2 aromatic carbocycles. The Morgan fingerprint density at radius 2 is 2.00 bits per heavy atom. The van der Waals surface area contributed by atoms with Gasteiger partial charge in [0.1, 0.15) is 5.75 Å². The Morgan fingerprint density at radius 3 is 2.73 bits per heavy atom. The standard InChI is InChI=1S/C24H25N3O2S/c1-27-18(13-14-25-24(28)21-12-7-15-30-21)16-26-23(17-8-4-3-5-9-17)22-19(27)10-6-11-20(22)29-2/h3-12,15,18H,13-14,16H2,1-2H3,(H,25,28). The molecule has 1 aliphatic heterocycles. The number of nitrogens with one attached hydrogen (secondary N) is 1. The molecule has 3 aromatic rings. The molecule has 0 radical (unpaired) electrons. The topological polar surface area (TPSA) is 53.9 Å². The van der Waals surface area contributed by atoms with Crippen LogP contribution in [0.2, 0.25) is 0 Å². The number of benzene rings is 2. The van der Waals surface area contributed by atoms with E-state index in [1.807, 2.05) is 47.8 Å². The predicted octanol–water partition coefficient (Wildman–Crippen LogP) is 4.23. The van der Waals surface area contributed by atoms with Crippen molar-refractivity contribution in [1.29, 1.82) is 0 Å². The van der Waals surface area contributed by atoms with Crippen molar-refractivity contribution in [2.45, 2.75) is 12.5 Å². The lowest BCUT2D eigenvalue weighted by atomic mass is 9.99. The number of rotatable bonds is 6. The summed E-state index contributed by atoms with van der Waals surface area (Å²) in [6.45, 7) is 1.24. The van der Waals surface area contributed by atoms with Gasteiger partial charge < -0.3 is 15.0 Å². The maximum absolute atomic E-state index is 12.3. The molecule has 0 spiro atoms. The Morgan fingerprint density at radius 1 is 1.17 bits per heavy atom. The van der Waals surface area contributed by atoms with Crippen LogP contribution in [0.25, 0.3) is 0 Å². The molecule has 4 rings (SSSR count). The van der Waals surface area contributed by atoms with Crippen molar-refractivity contribution in [3.8, 4) is 5.75 Å². The van der Waals surface area contributed by atoms with Crippen LogP contribution in [0.5, 0.6) is 5.75 Å². The van der Waals surface area contributed by atoms with E-state index in [9.17, 15) is 4.79 Å². The lowest BCUT2D eigenvalue weighted by molar-refractivity contribution is 0.0956. The molecular weight excluding hydrogens is 394 g/mol. The number of hydrogen-bond donors (Lipinski definition) is 1. The van der Waals surface area contributed by atoms with Gasteiger partial charge in [0, 0.05) is 30.9 Å². The quantitative estimate of drug-likeness (QED) is 0.650. The molecule has 1 aliphatic rings. The van der Waals surface area contributed by atoms with Gasteiger partial charge in [-0.1, -0.05) is 42.5 Å². The largest absolute Gasteiger partial charge is 0.496 e. The van der Waals surface area contributed by atoms with Crippen molar-refractivity contribution in [1.82, 2.24) is 5.32 Å². The van der Waals surface area contributed by atoms with Gasteiger partial charge in [0.05, 0.1) is 29.8 Å². The first-order valence-electron chi connectivity index (χ1n) is 10.0. The summed E-state index contributed by atoms with van der Waals surface area (Å²) in [5.41, 5.74) is 4.12. The van der Waals surface area contributed by atoms with E-state index < -0.39 is 0 Å². The van der Waals surface area contributed by atoms with Crippen LogP contribution in [0, 0.1) is 0 Å².